The fraction of sp³-hybridized carbons (Fsp3) is 0.500. The molecular formula is C16H23Cl2N5O2S. The zero-order chi connectivity index (χ0) is 17.7. The van der Waals surface area contributed by atoms with Crippen molar-refractivity contribution in [1.82, 2.24) is 5.06 Å². The number of hydrogen-bond donors (Lipinski definition) is 2. The van der Waals surface area contributed by atoms with Crippen LogP contribution in [0.1, 0.15) is 19.3 Å². The van der Waals surface area contributed by atoms with E-state index in [1.807, 2.05) is 30.0 Å². The van der Waals surface area contributed by atoms with E-state index in [-0.39, 0.29) is 24.3 Å². The van der Waals surface area contributed by atoms with E-state index in [4.69, 9.17) is 32.6 Å². The topological polar surface area (TPSA) is 98.5 Å². The summed E-state index contributed by atoms with van der Waals surface area (Å²) >= 11 is 7.96. The molecule has 4 N–H and O–H groups in total. The summed E-state index contributed by atoms with van der Waals surface area (Å²) < 4.78 is 5.66. The first-order valence-electron chi connectivity index (χ1n) is 8.18. The zero-order valence-electron chi connectivity index (χ0n) is 14.3. The van der Waals surface area contributed by atoms with Gasteiger partial charge >= 0.3 is 0 Å². The molecule has 3 rings (SSSR count). The number of para-hydroxylation sites is 1. The number of nitrogens with two attached hydrogens (primary N) is 2. The molecule has 26 heavy (non-hydrogen) atoms. The van der Waals surface area contributed by atoms with E-state index >= 15 is 0 Å². The van der Waals surface area contributed by atoms with E-state index < -0.39 is 5.66 Å². The Morgan fingerprint density at radius 3 is 2.65 bits per heavy atom. The van der Waals surface area contributed by atoms with E-state index in [2.05, 4.69) is 9.98 Å². The molecular weight excluding hydrogens is 397 g/mol. The minimum atomic E-state index is -0.537. The highest BCUT2D eigenvalue weighted by Gasteiger charge is 2.43. The number of benzene rings is 1. The molecule has 1 spiro atoms. The first kappa shape index (κ1) is 21.0. The maximum absolute atomic E-state index is 6.06. The third-order valence-corrected chi connectivity index (χ3v) is 5.33. The maximum Gasteiger partial charge on any atom is 0.226 e. The van der Waals surface area contributed by atoms with Crippen molar-refractivity contribution in [1.29, 1.82) is 0 Å². The molecule has 2 aliphatic rings. The summed E-state index contributed by atoms with van der Waals surface area (Å²) in [5, 5.41) is 2.22. The maximum atomic E-state index is 6.06. The highest BCUT2D eigenvalue weighted by Crippen LogP contribution is 2.35. The fourth-order valence-electron chi connectivity index (χ4n) is 2.82. The van der Waals surface area contributed by atoms with Gasteiger partial charge in [-0.25, -0.2) is 4.99 Å². The summed E-state index contributed by atoms with van der Waals surface area (Å²) in [6.07, 6.45) is 2.33. The molecule has 0 atom stereocenters. The Labute approximate surface area is 168 Å². The van der Waals surface area contributed by atoms with E-state index in [1.54, 1.807) is 11.1 Å². The van der Waals surface area contributed by atoms with Crippen molar-refractivity contribution >= 4 is 47.7 Å². The third-order valence-electron chi connectivity index (χ3n) is 4.03. The normalized spacial score (nSPS) is 18.7. The second-order valence-electron chi connectivity index (χ2n) is 5.79. The smallest absolute Gasteiger partial charge is 0.226 e. The first-order chi connectivity index (χ1) is 12.1. The van der Waals surface area contributed by atoms with Crippen molar-refractivity contribution in [2.75, 3.05) is 24.7 Å². The minimum Gasteiger partial charge on any atom is -0.492 e. The Morgan fingerprint density at radius 2 is 1.92 bits per heavy atom. The van der Waals surface area contributed by atoms with Gasteiger partial charge in [0.25, 0.3) is 0 Å². The van der Waals surface area contributed by atoms with Crippen LogP contribution >= 0.6 is 35.8 Å². The SMILES string of the molecule is Cl.NC1=NC2(CCSCC2)N(OCCCOc2ccccc2Cl)C(N)=N1. The van der Waals surface area contributed by atoms with Crippen LogP contribution in [-0.2, 0) is 4.84 Å². The summed E-state index contributed by atoms with van der Waals surface area (Å²) in [4.78, 5) is 14.5. The standard InChI is InChI=1S/C16H22ClN5O2S.ClH/c17-12-4-1-2-5-13(12)23-8-3-9-24-22-15(19)20-14(18)21-16(22)6-10-25-11-7-16;/h1-2,4-5H,3,6-11H2,(H4,18,19,20,21);1H. The molecule has 0 amide bonds. The van der Waals surface area contributed by atoms with Crippen LogP contribution in [0.15, 0.2) is 34.3 Å². The minimum absolute atomic E-state index is 0. The largest absolute Gasteiger partial charge is 0.492 e. The van der Waals surface area contributed by atoms with Gasteiger partial charge in [0.15, 0.2) is 5.66 Å². The Morgan fingerprint density at radius 1 is 1.19 bits per heavy atom. The summed E-state index contributed by atoms with van der Waals surface area (Å²) in [6, 6.07) is 7.39. The predicted molar refractivity (Wildman–Crippen MR) is 109 cm³/mol. The van der Waals surface area contributed by atoms with Crippen LogP contribution in [0.2, 0.25) is 5.02 Å². The number of hydroxylamine groups is 2. The van der Waals surface area contributed by atoms with Gasteiger partial charge in [-0.3, -0.25) is 4.84 Å². The molecule has 0 bridgehead atoms. The molecule has 1 saturated heterocycles. The van der Waals surface area contributed by atoms with Gasteiger partial charge in [0.05, 0.1) is 18.2 Å². The molecule has 0 unspecified atom stereocenters. The van der Waals surface area contributed by atoms with Gasteiger partial charge in [-0.1, -0.05) is 23.7 Å². The number of ether oxygens (including phenoxy) is 1. The van der Waals surface area contributed by atoms with E-state index in [9.17, 15) is 0 Å². The third kappa shape index (κ3) is 4.88. The quantitative estimate of drug-likeness (QED) is 0.687. The molecule has 7 nitrogen and oxygen atoms in total. The summed E-state index contributed by atoms with van der Waals surface area (Å²) in [5.41, 5.74) is 11.3. The van der Waals surface area contributed by atoms with Crippen molar-refractivity contribution in [3.63, 3.8) is 0 Å². The number of aliphatic imine (C=N–C) groups is 2. The number of thioether (sulfide) groups is 1. The van der Waals surface area contributed by atoms with Crippen LogP contribution < -0.4 is 16.2 Å². The van der Waals surface area contributed by atoms with Crippen LogP contribution in [0.3, 0.4) is 0 Å². The number of nitrogens with zero attached hydrogens (tertiary/aromatic N) is 3. The van der Waals surface area contributed by atoms with Crippen molar-refractivity contribution < 1.29 is 9.57 Å². The lowest BCUT2D eigenvalue weighted by Crippen LogP contribution is -2.58. The average molecular weight is 420 g/mol. The number of halogens is 2. The van der Waals surface area contributed by atoms with Gasteiger partial charge < -0.3 is 16.2 Å². The van der Waals surface area contributed by atoms with Crippen molar-refractivity contribution in [3.8, 4) is 5.75 Å². The van der Waals surface area contributed by atoms with Gasteiger partial charge in [-0.15, -0.1) is 12.4 Å². The van der Waals surface area contributed by atoms with Crippen LogP contribution in [-0.4, -0.2) is 47.4 Å². The highest BCUT2D eigenvalue weighted by atomic mass is 35.5. The monoisotopic (exact) mass is 419 g/mol. The summed E-state index contributed by atoms with van der Waals surface area (Å²) in [6.45, 7) is 0.924. The Balaban J connectivity index is 0.00000243. The van der Waals surface area contributed by atoms with Gasteiger partial charge in [0.1, 0.15) is 5.75 Å². The van der Waals surface area contributed by atoms with E-state index in [1.165, 1.54) is 0 Å². The van der Waals surface area contributed by atoms with Crippen LogP contribution in [0.4, 0.5) is 0 Å². The average Bonchev–Trinajstić information content (AvgIpc) is 2.59. The van der Waals surface area contributed by atoms with Gasteiger partial charge in [0.2, 0.25) is 11.9 Å². The Kier molecular flexibility index (Phi) is 7.69. The fourth-order valence-corrected chi connectivity index (χ4v) is 4.15. The van der Waals surface area contributed by atoms with Crippen molar-refractivity contribution in [3.05, 3.63) is 29.3 Å². The molecule has 2 heterocycles. The molecule has 0 aliphatic carbocycles. The Bertz CT molecular complexity index is 668. The van der Waals surface area contributed by atoms with Crippen molar-refractivity contribution in [2.24, 2.45) is 21.5 Å². The second kappa shape index (κ2) is 9.55. The van der Waals surface area contributed by atoms with E-state index in [0.29, 0.717) is 30.4 Å². The highest BCUT2D eigenvalue weighted by molar-refractivity contribution is 7.99. The first-order valence-corrected chi connectivity index (χ1v) is 9.72. The molecule has 1 fully saturated rings. The Hall–Kier alpha value is -1.35. The molecule has 1 aromatic carbocycles. The van der Waals surface area contributed by atoms with Crippen LogP contribution in [0, 0.1) is 0 Å². The van der Waals surface area contributed by atoms with E-state index in [0.717, 1.165) is 24.3 Å². The lowest BCUT2D eigenvalue weighted by molar-refractivity contribution is -0.171. The summed E-state index contributed by atoms with van der Waals surface area (Å²) in [5.74, 6) is 3.11. The van der Waals surface area contributed by atoms with Gasteiger partial charge in [0, 0.05) is 19.3 Å². The molecule has 1 aromatic rings. The molecule has 144 valence electrons. The van der Waals surface area contributed by atoms with Crippen LogP contribution in [0.5, 0.6) is 5.75 Å². The lowest BCUT2D eigenvalue weighted by Gasteiger charge is -2.43. The van der Waals surface area contributed by atoms with Crippen LogP contribution in [0.25, 0.3) is 0 Å². The van der Waals surface area contributed by atoms with Crippen molar-refractivity contribution in [2.45, 2.75) is 24.9 Å². The second-order valence-corrected chi connectivity index (χ2v) is 7.43. The number of guanidine groups is 2. The zero-order valence-corrected chi connectivity index (χ0v) is 16.7. The number of rotatable bonds is 6. The van der Waals surface area contributed by atoms with Gasteiger partial charge in [-0.05, 0) is 23.6 Å². The van der Waals surface area contributed by atoms with Gasteiger partial charge in [-0.2, -0.15) is 21.8 Å². The molecule has 0 saturated carbocycles. The molecule has 0 radical (unpaired) electrons. The lowest BCUT2D eigenvalue weighted by atomic mass is 10.0. The molecule has 10 heteroatoms. The predicted octanol–water partition coefficient (Wildman–Crippen LogP) is 2.63. The summed E-state index contributed by atoms with van der Waals surface area (Å²) in [7, 11) is 0. The molecule has 2 aliphatic heterocycles. The number of hydrogen-bond acceptors (Lipinski definition) is 8. The molecule has 0 aromatic heterocycles.